The van der Waals surface area contributed by atoms with Crippen molar-refractivity contribution in [3.8, 4) is 0 Å². The second-order valence-corrected chi connectivity index (χ2v) is 5.69. The van der Waals surface area contributed by atoms with Gasteiger partial charge >= 0.3 is 0 Å². The summed E-state index contributed by atoms with van der Waals surface area (Å²) in [6.07, 6.45) is 5.11. The summed E-state index contributed by atoms with van der Waals surface area (Å²) in [5, 5.41) is 0. The molecule has 0 radical (unpaired) electrons. The van der Waals surface area contributed by atoms with Gasteiger partial charge in [-0.05, 0) is 61.9 Å². The fourth-order valence-corrected chi connectivity index (χ4v) is 3.44. The Morgan fingerprint density at radius 2 is 2.06 bits per heavy atom. The molecule has 1 aromatic rings. The van der Waals surface area contributed by atoms with Gasteiger partial charge in [0, 0.05) is 6.54 Å². The lowest BCUT2D eigenvalue weighted by atomic mass is 9.83. The first-order chi connectivity index (χ1) is 8.24. The number of fused-ring (bicyclic) bond motifs is 2. The number of allylic oxidation sites excluding steroid dienone is 2. The zero-order valence-corrected chi connectivity index (χ0v) is 10.8. The van der Waals surface area contributed by atoms with Crippen LogP contribution in [-0.4, -0.2) is 25.0 Å². The molecule has 17 heavy (non-hydrogen) atoms. The number of hydrogen-bond donors (Lipinski definition) is 0. The van der Waals surface area contributed by atoms with E-state index < -0.39 is 0 Å². The molecule has 0 N–H and O–H groups in total. The van der Waals surface area contributed by atoms with Crippen molar-refractivity contribution in [1.82, 2.24) is 4.90 Å². The molecule has 1 nitrogen and oxygen atoms in total. The maximum Gasteiger partial charge on any atom is 0.00154 e. The van der Waals surface area contributed by atoms with Crippen molar-refractivity contribution in [2.24, 2.45) is 11.8 Å². The number of nitrogens with zero attached hydrogens (tertiary/aromatic N) is 1. The summed E-state index contributed by atoms with van der Waals surface area (Å²) in [4.78, 5) is 2.48. The third-order valence-electron chi connectivity index (χ3n) is 4.38. The van der Waals surface area contributed by atoms with E-state index in [-0.39, 0.29) is 0 Å². The van der Waals surface area contributed by atoms with Gasteiger partial charge in [0.25, 0.3) is 0 Å². The summed E-state index contributed by atoms with van der Waals surface area (Å²) in [6.45, 7) is 4.78. The monoisotopic (exact) mass is 227 g/mol. The van der Waals surface area contributed by atoms with Gasteiger partial charge in [0.05, 0.1) is 0 Å². The zero-order chi connectivity index (χ0) is 11.8. The minimum Gasteiger partial charge on any atom is -0.306 e. The van der Waals surface area contributed by atoms with Crippen LogP contribution in [0.1, 0.15) is 24.5 Å². The van der Waals surface area contributed by atoms with Crippen LogP contribution < -0.4 is 0 Å². The molecule has 1 aliphatic heterocycles. The Labute approximate surface area is 104 Å². The minimum absolute atomic E-state index is 0.790. The Bertz CT molecular complexity index is 447. The van der Waals surface area contributed by atoms with Crippen molar-refractivity contribution in [3.63, 3.8) is 0 Å². The van der Waals surface area contributed by atoms with E-state index >= 15 is 0 Å². The fourth-order valence-electron chi connectivity index (χ4n) is 3.44. The number of likely N-dealkylation sites (tertiary alicyclic amines) is 1. The van der Waals surface area contributed by atoms with Crippen molar-refractivity contribution in [3.05, 3.63) is 41.5 Å². The van der Waals surface area contributed by atoms with Gasteiger partial charge < -0.3 is 4.90 Å². The lowest BCUT2D eigenvalue weighted by molar-refractivity contribution is 0.170. The molecule has 1 aliphatic carbocycles. The van der Waals surface area contributed by atoms with Crippen LogP contribution >= 0.6 is 0 Å². The van der Waals surface area contributed by atoms with E-state index in [0.717, 1.165) is 11.8 Å². The SMILES string of the molecule is CC1=C[C@@H]2CCN(C)C[C@@H]2Cc2ccccc21. The maximum absolute atomic E-state index is 2.53. The third-order valence-corrected chi connectivity index (χ3v) is 4.38. The average molecular weight is 227 g/mol. The Morgan fingerprint density at radius 3 is 2.94 bits per heavy atom. The van der Waals surface area contributed by atoms with Gasteiger partial charge in [-0.1, -0.05) is 30.3 Å². The van der Waals surface area contributed by atoms with Crippen molar-refractivity contribution in [2.45, 2.75) is 19.8 Å². The lowest BCUT2D eigenvalue weighted by Crippen LogP contribution is -2.38. The predicted molar refractivity (Wildman–Crippen MR) is 72.9 cm³/mol. The van der Waals surface area contributed by atoms with Crippen LogP contribution in [0.2, 0.25) is 0 Å². The van der Waals surface area contributed by atoms with Gasteiger partial charge in [-0.2, -0.15) is 0 Å². The Kier molecular flexibility index (Phi) is 2.79. The number of rotatable bonds is 0. The first-order valence-corrected chi connectivity index (χ1v) is 6.69. The van der Waals surface area contributed by atoms with Crippen molar-refractivity contribution < 1.29 is 0 Å². The van der Waals surface area contributed by atoms with Crippen LogP contribution in [0.5, 0.6) is 0 Å². The van der Waals surface area contributed by atoms with E-state index in [0.29, 0.717) is 0 Å². The molecule has 0 aromatic heterocycles. The van der Waals surface area contributed by atoms with Gasteiger partial charge in [-0.15, -0.1) is 0 Å². The van der Waals surface area contributed by atoms with Crippen LogP contribution in [0, 0.1) is 11.8 Å². The van der Waals surface area contributed by atoms with Gasteiger partial charge in [0.2, 0.25) is 0 Å². The van der Waals surface area contributed by atoms with E-state index in [1.807, 2.05) is 0 Å². The van der Waals surface area contributed by atoms with Crippen molar-refractivity contribution in [2.75, 3.05) is 20.1 Å². The predicted octanol–water partition coefficient (Wildman–Crippen LogP) is 3.21. The number of hydrogen-bond acceptors (Lipinski definition) is 1. The molecule has 1 saturated heterocycles. The first kappa shape index (κ1) is 11.0. The molecule has 3 rings (SSSR count). The minimum atomic E-state index is 0.790. The molecule has 0 spiro atoms. The van der Waals surface area contributed by atoms with E-state index in [1.54, 1.807) is 5.56 Å². The second-order valence-electron chi connectivity index (χ2n) is 5.69. The first-order valence-electron chi connectivity index (χ1n) is 6.69. The highest BCUT2D eigenvalue weighted by Crippen LogP contribution is 2.35. The van der Waals surface area contributed by atoms with E-state index in [2.05, 4.69) is 49.2 Å². The van der Waals surface area contributed by atoms with Gasteiger partial charge in [0.15, 0.2) is 0 Å². The van der Waals surface area contributed by atoms with Gasteiger partial charge in [-0.3, -0.25) is 0 Å². The molecule has 0 unspecified atom stereocenters. The van der Waals surface area contributed by atoms with Crippen LogP contribution in [0.25, 0.3) is 5.57 Å². The summed E-state index contributed by atoms with van der Waals surface area (Å²) in [5.74, 6) is 1.60. The molecule has 0 amide bonds. The highest BCUT2D eigenvalue weighted by molar-refractivity contribution is 5.67. The van der Waals surface area contributed by atoms with Gasteiger partial charge in [-0.25, -0.2) is 0 Å². The number of benzene rings is 1. The van der Waals surface area contributed by atoms with E-state index in [9.17, 15) is 0 Å². The van der Waals surface area contributed by atoms with Crippen LogP contribution in [0.15, 0.2) is 30.3 Å². The normalized spacial score (nSPS) is 28.9. The molecule has 90 valence electrons. The lowest BCUT2D eigenvalue weighted by Gasteiger charge is -2.34. The second kappa shape index (κ2) is 4.30. The molecule has 0 saturated carbocycles. The average Bonchev–Trinajstić information content (AvgIpc) is 2.46. The van der Waals surface area contributed by atoms with Crippen LogP contribution in [-0.2, 0) is 6.42 Å². The molecular weight excluding hydrogens is 206 g/mol. The largest absolute Gasteiger partial charge is 0.306 e. The molecule has 1 fully saturated rings. The third kappa shape index (κ3) is 2.04. The molecule has 1 heterocycles. The topological polar surface area (TPSA) is 3.24 Å². The Balaban J connectivity index is 1.99. The summed E-state index contributed by atoms with van der Waals surface area (Å²) < 4.78 is 0. The van der Waals surface area contributed by atoms with Crippen molar-refractivity contribution in [1.29, 1.82) is 0 Å². The molecule has 0 bridgehead atoms. The molecule has 2 atom stereocenters. The fraction of sp³-hybridized carbons (Fsp3) is 0.500. The molecule has 1 heteroatoms. The smallest absolute Gasteiger partial charge is 0.00154 e. The van der Waals surface area contributed by atoms with Gasteiger partial charge in [0.1, 0.15) is 0 Å². The molecular formula is C16H21N. The highest BCUT2D eigenvalue weighted by Gasteiger charge is 2.29. The quantitative estimate of drug-likeness (QED) is 0.658. The van der Waals surface area contributed by atoms with Crippen LogP contribution in [0.4, 0.5) is 0 Å². The van der Waals surface area contributed by atoms with E-state index in [4.69, 9.17) is 0 Å². The zero-order valence-electron chi connectivity index (χ0n) is 10.8. The standard InChI is InChI=1S/C16H21N/c1-12-9-13-7-8-17(2)11-15(13)10-14-5-3-4-6-16(12)14/h3-6,9,13,15H,7-8,10-11H2,1-2H3/t13-,15-/m0/s1. The summed E-state index contributed by atoms with van der Waals surface area (Å²) >= 11 is 0. The molecule has 2 aliphatic rings. The number of piperidine rings is 1. The van der Waals surface area contributed by atoms with Crippen LogP contribution in [0.3, 0.4) is 0 Å². The highest BCUT2D eigenvalue weighted by atomic mass is 15.1. The Hall–Kier alpha value is -1.08. The van der Waals surface area contributed by atoms with E-state index in [1.165, 1.54) is 37.1 Å². The maximum atomic E-state index is 2.53. The molecule has 1 aromatic carbocycles. The summed E-state index contributed by atoms with van der Waals surface area (Å²) in [5.41, 5.74) is 4.51. The summed E-state index contributed by atoms with van der Waals surface area (Å²) in [7, 11) is 2.25. The summed E-state index contributed by atoms with van der Waals surface area (Å²) in [6, 6.07) is 8.93. The Morgan fingerprint density at radius 1 is 1.24 bits per heavy atom. The van der Waals surface area contributed by atoms with Crippen molar-refractivity contribution >= 4 is 5.57 Å².